The molecule has 2 heterocycles. The van der Waals surface area contributed by atoms with Crippen LogP contribution in [0.3, 0.4) is 0 Å². The highest BCUT2D eigenvalue weighted by Crippen LogP contribution is 2.38. The van der Waals surface area contributed by atoms with Crippen LogP contribution in [0.1, 0.15) is 47.1 Å². The first-order valence-corrected chi connectivity index (χ1v) is 10.3. The number of nitrogens with zero attached hydrogens (tertiary/aromatic N) is 2. The van der Waals surface area contributed by atoms with E-state index in [2.05, 4.69) is 18.7 Å². The fourth-order valence-corrected chi connectivity index (χ4v) is 4.15. The number of halogens is 1. The number of benzene rings is 2. The van der Waals surface area contributed by atoms with Crippen molar-refractivity contribution in [2.24, 2.45) is 0 Å². The third-order valence-corrected chi connectivity index (χ3v) is 5.86. The molecule has 0 saturated heterocycles. The molecule has 5 nitrogen and oxygen atoms in total. The van der Waals surface area contributed by atoms with Crippen LogP contribution < -0.4 is 5.43 Å². The second kappa shape index (κ2) is 8.03. The lowest BCUT2D eigenvalue weighted by atomic mass is 9.98. The highest BCUT2D eigenvalue weighted by Gasteiger charge is 2.42. The highest BCUT2D eigenvalue weighted by molar-refractivity contribution is 5.99. The van der Waals surface area contributed by atoms with Crippen LogP contribution >= 0.6 is 0 Å². The lowest BCUT2D eigenvalue weighted by molar-refractivity contribution is 0.0708. The molecule has 156 valence electrons. The summed E-state index contributed by atoms with van der Waals surface area (Å²) in [5.74, 6) is -0.574. The Balaban J connectivity index is 1.87. The lowest BCUT2D eigenvalue weighted by Gasteiger charge is -2.28. The molecule has 0 N–H and O–H groups in total. The zero-order chi connectivity index (χ0) is 21.4. The van der Waals surface area contributed by atoms with E-state index in [1.54, 1.807) is 29.2 Å². The number of likely N-dealkylation sites (N-methyl/N-ethyl adjacent to an activating group) is 1. The number of fused-ring (bicyclic) bond motifs is 2. The smallest absolute Gasteiger partial charge is 0.290 e. The van der Waals surface area contributed by atoms with E-state index in [1.165, 1.54) is 12.1 Å². The van der Waals surface area contributed by atoms with E-state index in [0.717, 1.165) is 18.7 Å². The molecule has 0 bridgehead atoms. The summed E-state index contributed by atoms with van der Waals surface area (Å²) in [6, 6.07) is 10.7. The Hall–Kier alpha value is -2.99. The van der Waals surface area contributed by atoms with Gasteiger partial charge in [0.2, 0.25) is 5.76 Å². The summed E-state index contributed by atoms with van der Waals surface area (Å²) >= 11 is 0. The van der Waals surface area contributed by atoms with Gasteiger partial charge in [0.05, 0.1) is 17.0 Å². The van der Waals surface area contributed by atoms with Crippen LogP contribution in [0.2, 0.25) is 0 Å². The first kappa shape index (κ1) is 20.3. The molecule has 1 amide bonds. The minimum atomic E-state index is -0.593. The Morgan fingerprint density at radius 1 is 1.07 bits per heavy atom. The van der Waals surface area contributed by atoms with Crippen LogP contribution in [0.4, 0.5) is 4.39 Å². The molecule has 2 aromatic carbocycles. The number of amides is 1. The van der Waals surface area contributed by atoms with Gasteiger partial charge in [0.1, 0.15) is 11.4 Å². The lowest BCUT2D eigenvalue weighted by Crippen LogP contribution is -2.37. The van der Waals surface area contributed by atoms with Crippen LogP contribution in [0.5, 0.6) is 0 Å². The molecule has 0 aliphatic carbocycles. The molecule has 1 aromatic heterocycles. The molecule has 1 unspecified atom stereocenters. The summed E-state index contributed by atoms with van der Waals surface area (Å²) in [7, 11) is 0. The molecular formula is C24H25FN2O3. The van der Waals surface area contributed by atoms with Gasteiger partial charge in [-0.25, -0.2) is 4.39 Å². The maximum atomic E-state index is 13.6. The molecule has 30 heavy (non-hydrogen) atoms. The highest BCUT2D eigenvalue weighted by atomic mass is 19.1. The summed E-state index contributed by atoms with van der Waals surface area (Å²) < 4.78 is 19.5. The Morgan fingerprint density at radius 2 is 1.77 bits per heavy atom. The Labute approximate surface area is 174 Å². The zero-order valence-electron chi connectivity index (χ0n) is 17.4. The molecule has 1 atom stereocenters. The van der Waals surface area contributed by atoms with E-state index >= 15 is 0 Å². The number of aryl methyl sites for hydroxylation is 1. The third-order valence-electron chi connectivity index (χ3n) is 5.86. The number of carbonyl (C=O) groups excluding carboxylic acids is 1. The van der Waals surface area contributed by atoms with Crippen molar-refractivity contribution in [2.45, 2.75) is 26.8 Å². The van der Waals surface area contributed by atoms with Crippen molar-refractivity contribution in [1.29, 1.82) is 0 Å². The van der Waals surface area contributed by atoms with Gasteiger partial charge in [-0.15, -0.1) is 0 Å². The second-order valence-corrected chi connectivity index (χ2v) is 7.65. The normalized spacial score (nSPS) is 16.0. The van der Waals surface area contributed by atoms with Crippen molar-refractivity contribution < 1.29 is 13.6 Å². The van der Waals surface area contributed by atoms with Crippen molar-refractivity contribution in [2.75, 3.05) is 26.2 Å². The summed E-state index contributed by atoms with van der Waals surface area (Å²) in [5.41, 5.74) is 2.17. The number of hydrogen-bond acceptors (Lipinski definition) is 4. The average molecular weight is 408 g/mol. The standard InChI is InChI=1S/C24H25FN2O3/c1-4-26(5-2)12-13-27-21(16-7-9-17(25)10-8-16)20-22(28)18-14-15(3)6-11-19(18)30-23(20)24(27)29/h6-11,14,21H,4-5,12-13H2,1-3H3. The maximum Gasteiger partial charge on any atom is 0.290 e. The summed E-state index contributed by atoms with van der Waals surface area (Å²) in [5, 5.41) is 0.458. The fourth-order valence-electron chi connectivity index (χ4n) is 4.15. The monoisotopic (exact) mass is 408 g/mol. The molecule has 0 spiro atoms. The van der Waals surface area contributed by atoms with Gasteiger partial charge in [0.25, 0.3) is 5.91 Å². The van der Waals surface area contributed by atoms with Gasteiger partial charge in [0.15, 0.2) is 5.43 Å². The molecule has 1 aliphatic rings. The van der Waals surface area contributed by atoms with E-state index < -0.39 is 6.04 Å². The Kier molecular flexibility index (Phi) is 5.43. The van der Waals surface area contributed by atoms with Gasteiger partial charge in [-0.1, -0.05) is 37.6 Å². The molecule has 0 radical (unpaired) electrons. The topological polar surface area (TPSA) is 53.8 Å². The molecule has 0 saturated carbocycles. The number of carbonyl (C=O) groups is 1. The van der Waals surface area contributed by atoms with Gasteiger partial charge < -0.3 is 14.2 Å². The summed E-state index contributed by atoms with van der Waals surface area (Å²) in [4.78, 5) is 30.6. The second-order valence-electron chi connectivity index (χ2n) is 7.65. The van der Waals surface area contributed by atoms with E-state index in [4.69, 9.17) is 4.42 Å². The van der Waals surface area contributed by atoms with Gasteiger partial charge in [0, 0.05) is 13.1 Å². The predicted molar refractivity (Wildman–Crippen MR) is 114 cm³/mol. The first-order chi connectivity index (χ1) is 14.4. The van der Waals surface area contributed by atoms with E-state index in [-0.39, 0.29) is 22.9 Å². The Morgan fingerprint density at radius 3 is 2.43 bits per heavy atom. The third kappa shape index (κ3) is 3.41. The minimum absolute atomic E-state index is 0.0882. The maximum absolute atomic E-state index is 13.6. The molecular weight excluding hydrogens is 383 g/mol. The van der Waals surface area contributed by atoms with Crippen LogP contribution in [0.25, 0.3) is 11.0 Å². The van der Waals surface area contributed by atoms with Gasteiger partial charge in [-0.2, -0.15) is 0 Å². The predicted octanol–water partition coefficient (Wildman–Crippen LogP) is 4.13. The van der Waals surface area contributed by atoms with Crippen LogP contribution in [0.15, 0.2) is 51.7 Å². The summed E-state index contributed by atoms with van der Waals surface area (Å²) in [6.07, 6.45) is 0. The minimum Gasteiger partial charge on any atom is -0.450 e. The largest absolute Gasteiger partial charge is 0.450 e. The van der Waals surface area contributed by atoms with Gasteiger partial charge in [-0.3, -0.25) is 9.59 Å². The molecule has 6 heteroatoms. The van der Waals surface area contributed by atoms with E-state index in [0.29, 0.717) is 35.2 Å². The average Bonchev–Trinajstić information content (AvgIpc) is 3.02. The number of rotatable bonds is 6. The van der Waals surface area contributed by atoms with Crippen molar-refractivity contribution in [3.63, 3.8) is 0 Å². The van der Waals surface area contributed by atoms with E-state index in [9.17, 15) is 14.0 Å². The molecule has 4 rings (SSSR count). The van der Waals surface area contributed by atoms with Crippen LogP contribution in [-0.4, -0.2) is 41.9 Å². The van der Waals surface area contributed by atoms with Gasteiger partial charge in [-0.05, 0) is 49.8 Å². The SMILES string of the molecule is CCN(CC)CCN1C(=O)c2oc3ccc(C)cc3c(=O)c2C1c1ccc(F)cc1. The van der Waals surface area contributed by atoms with Crippen molar-refractivity contribution in [3.8, 4) is 0 Å². The van der Waals surface area contributed by atoms with Crippen molar-refractivity contribution in [3.05, 3.63) is 81.0 Å². The number of hydrogen-bond donors (Lipinski definition) is 0. The molecule has 1 aliphatic heterocycles. The summed E-state index contributed by atoms with van der Waals surface area (Å²) in [6.45, 7) is 8.91. The molecule has 0 fully saturated rings. The first-order valence-electron chi connectivity index (χ1n) is 10.3. The van der Waals surface area contributed by atoms with Gasteiger partial charge >= 0.3 is 0 Å². The Bertz CT molecular complexity index is 1150. The molecule has 3 aromatic rings. The van der Waals surface area contributed by atoms with Crippen LogP contribution in [0, 0.1) is 12.7 Å². The van der Waals surface area contributed by atoms with Crippen LogP contribution in [-0.2, 0) is 0 Å². The quantitative estimate of drug-likeness (QED) is 0.616. The van der Waals surface area contributed by atoms with E-state index in [1.807, 2.05) is 13.0 Å². The van der Waals surface area contributed by atoms with Crippen molar-refractivity contribution >= 4 is 16.9 Å². The van der Waals surface area contributed by atoms with Crippen molar-refractivity contribution in [1.82, 2.24) is 9.80 Å². The zero-order valence-corrected chi connectivity index (χ0v) is 17.4. The fraction of sp³-hybridized carbons (Fsp3) is 0.333.